The number of aliphatic hydroxyl groups is 1. The number of hydrogen-bond acceptors (Lipinski definition) is 9. The molecule has 1 aliphatic heterocycles. The number of aryl methyl sites for hydroxylation is 1. The van der Waals surface area contributed by atoms with Crippen molar-refractivity contribution in [2.45, 2.75) is 19.2 Å². The number of ether oxygens (including phenoxy) is 1. The van der Waals surface area contributed by atoms with E-state index in [1.54, 1.807) is 12.1 Å². The molecule has 10 heteroatoms. The lowest BCUT2D eigenvalue weighted by Crippen LogP contribution is -2.43. The fraction of sp³-hybridized carbons (Fsp3) is 0.148. The molecule has 1 atom stereocenters. The van der Waals surface area contributed by atoms with Crippen LogP contribution in [0.4, 0.5) is 10.8 Å². The van der Waals surface area contributed by atoms with Crippen molar-refractivity contribution < 1.29 is 19.7 Å². The highest BCUT2D eigenvalue weighted by Crippen LogP contribution is 2.40. The number of rotatable bonds is 7. The topological polar surface area (TPSA) is 108 Å². The number of benzene rings is 3. The van der Waals surface area contributed by atoms with Crippen molar-refractivity contribution in [2.24, 2.45) is 0 Å². The fourth-order valence-corrected chi connectivity index (χ4v) is 6.15. The predicted molar refractivity (Wildman–Crippen MR) is 146 cm³/mol. The molecule has 3 N–H and O–H groups in total. The standard InChI is InChI=1S/C27H22N4O4S2/c32-24(33)22-25(35-18-8-2-1-3-9-18)37-23(29-22)17-13-12-16-7-6-14-31(20(16)15-17)27(34)30-26-28-19-10-4-5-11-21(19)36-26/h1-5,8-13,15,27,34H,6-7,14H2,(H,28,30)(H,32,33). The summed E-state index contributed by atoms with van der Waals surface area (Å²) in [5, 5.41) is 25.4. The maximum absolute atomic E-state index is 11.9. The van der Waals surface area contributed by atoms with E-state index in [0.29, 0.717) is 22.4 Å². The molecule has 186 valence electrons. The van der Waals surface area contributed by atoms with Gasteiger partial charge in [0.2, 0.25) is 17.1 Å². The molecule has 0 fully saturated rings. The quantitative estimate of drug-likeness (QED) is 0.218. The second-order valence-corrected chi connectivity index (χ2v) is 10.5. The van der Waals surface area contributed by atoms with Gasteiger partial charge in [0.1, 0.15) is 10.8 Å². The van der Waals surface area contributed by atoms with E-state index in [-0.39, 0.29) is 10.8 Å². The van der Waals surface area contributed by atoms with E-state index in [2.05, 4.69) is 15.3 Å². The SMILES string of the molecule is O=C(O)c1nc(-c2ccc3c(c2)N(C(O)Nc2nc4ccccc4s2)CCC3)sc1Oc1ccccc1. The molecular formula is C27H22N4O4S2. The second-order valence-electron chi connectivity index (χ2n) is 8.52. The number of aromatic nitrogens is 2. The van der Waals surface area contributed by atoms with Gasteiger partial charge in [0, 0.05) is 17.8 Å². The van der Waals surface area contributed by atoms with Crippen LogP contribution in [0.25, 0.3) is 20.8 Å². The van der Waals surface area contributed by atoms with Gasteiger partial charge in [-0.05, 0) is 48.7 Å². The lowest BCUT2D eigenvalue weighted by molar-refractivity contribution is 0.0689. The van der Waals surface area contributed by atoms with Crippen LogP contribution in [0.3, 0.4) is 0 Å². The molecule has 37 heavy (non-hydrogen) atoms. The Bertz CT molecular complexity index is 1550. The number of thiazole rings is 2. The largest absolute Gasteiger partial charge is 0.476 e. The highest BCUT2D eigenvalue weighted by Gasteiger charge is 2.26. The molecule has 0 aliphatic carbocycles. The number of carboxylic acids is 1. The minimum Gasteiger partial charge on any atom is -0.476 e. The minimum absolute atomic E-state index is 0.129. The Morgan fingerprint density at radius 2 is 1.84 bits per heavy atom. The van der Waals surface area contributed by atoms with Crippen LogP contribution >= 0.6 is 22.7 Å². The van der Waals surface area contributed by atoms with Gasteiger partial charge in [-0.15, -0.1) is 0 Å². The zero-order valence-corrected chi connectivity index (χ0v) is 21.1. The molecule has 0 saturated heterocycles. The Labute approximate surface area is 220 Å². The van der Waals surface area contributed by atoms with Gasteiger partial charge >= 0.3 is 5.97 Å². The number of carbonyl (C=O) groups is 1. The first kappa shape index (κ1) is 23.4. The van der Waals surface area contributed by atoms with Crippen molar-refractivity contribution in [1.29, 1.82) is 0 Å². The molecule has 6 rings (SSSR count). The molecule has 0 bridgehead atoms. The van der Waals surface area contributed by atoms with Crippen molar-refractivity contribution in [3.63, 3.8) is 0 Å². The number of carboxylic acid groups (broad SMARTS) is 1. The van der Waals surface area contributed by atoms with Gasteiger partial charge in [-0.2, -0.15) is 0 Å². The molecule has 2 aromatic heterocycles. The van der Waals surface area contributed by atoms with Gasteiger partial charge in [-0.25, -0.2) is 14.8 Å². The Kier molecular flexibility index (Phi) is 6.21. The number of nitrogens with zero attached hydrogens (tertiary/aromatic N) is 3. The number of aliphatic hydroxyl groups excluding tert-OH is 1. The maximum Gasteiger partial charge on any atom is 0.359 e. The van der Waals surface area contributed by atoms with Gasteiger partial charge in [0.25, 0.3) is 0 Å². The molecular weight excluding hydrogens is 508 g/mol. The van der Waals surface area contributed by atoms with Gasteiger partial charge < -0.3 is 25.2 Å². The normalized spacial score (nSPS) is 13.8. The first-order valence-corrected chi connectivity index (χ1v) is 13.4. The minimum atomic E-state index is -1.15. The number of aromatic carboxylic acids is 1. The van der Waals surface area contributed by atoms with Crippen LogP contribution in [-0.4, -0.2) is 39.0 Å². The van der Waals surface area contributed by atoms with Crippen LogP contribution in [0.15, 0.2) is 72.8 Å². The lowest BCUT2D eigenvalue weighted by Gasteiger charge is -2.35. The van der Waals surface area contributed by atoms with Gasteiger partial charge in [0.15, 0.2) is 5.13 Å². The molecule has 1 unspecified atom stereocenters. The third-order valence-electron chi connectivity index (χ3n) is 6.08. The second kappa shape index (κ2) is 9.81. The summed E-state index contributed by atoms with van der Waals surface area (Å²) in [5.41, 5.74) is 3.50. The average Bonchev–Trinajstić information content (AvgIpc) is 3.52. The van der Waals surface area contributed by atoms with E-state index < -0.39 is 12.3 Å². The average molecular weight is 531 g/mol. The number of para-hydroxylation sites is 2. The molecule has 3 aromatic carbocycles. The summed E-state index contributed by atoms with van der Waals surface area (Å²) in [6.45, 7) is 0.663. The summed E-state index contributed by atoms with van der Waals surface area (Å²) >= 11 is 2.67. The number of nitrogens with one attached hydrogen (secondary N) is 1. The number of fused-ring (bicyclic) bond motifs is 2. The summed E-state index contributed by atoms with van der Waals surface area (Å²) in [6.07, 6.45) is 0.818. The zero-order chi connectivity index (χ0) is 25.4. The van der Waals surface area contributed by atoms with E-state index in [1.807, 2.05) is 65.6 Å². The summed E-state index contributed by atoms with van der Waals surface area (Å²) < 4.78 is 6.89. The van der Waals surface area contributed by atoms with Gasteiger partial charge in [-0.1, -0.05) is 65.1 Å². The molecule has 5 aromatic rings. The first-order chi connectivity index (χ1) is 18.0. The molecule has 3 heterocycles. The van der Waals surface area contributed by atoms with Crippen molar-refractivity contribution >= 4 is 49.7 Å². The van der Waals surface area contributed by atoms with E-state index in [0.717, 1.165) is 39.9 Å². The predicted octanol–water partition coefficient (Wildman–Crippen LogP) is 6.05. The van der Waals surface area contributed by atoms with E-state index in [4.69, 9.17) is 4.74 Å². The van der Waals surface area contributed by atoms with Gasteiger partial charge in [0.05, 0.1) is 10.2 Å². The van der Waals surface area contributed by atoms with Gasteiger partial charge in [-0.3, -0.25) is 0 Å². The van der Waals surface area contributed by atoms with Crippen molar-refractivity contribution in [2.75, 3.05) is 16.8 Å². The van der Waals surface area contributed by atoms with Crippen LogP contribution in [0.2, 0.25) is 0 Å². The molecule has 0 amide bonds. The summed E-state index contributed by atoms with van der Waals surface area (Å²) in [6, 6.07) is 22.8. The molecule has 0 spiro atoms. The third kappa shape index (κ3) is 4.74. The summed E-state index contributed by atoms with van der Waals surface area (Å²) in [4.78, 5) is 22.7. The molecule has 0 saturated carbocycles. The summed E-state index contributed by atoms with van der Waals surface area (Å²) in [7, 11) is 0. The number of anilines is 2. The third-order valence-corrected chi connectivity index (χ3v) is 8.03. The summed E-state index contributed by atoms with van der Waals surface area (Å²) in [5.74, 6) is -0.607. The lowest BCUT2D eigenvalue weighted by atomic mass is 10.00. The molecule has 8 nitrogen and oxygen atoms in total. The van der Waals surface area contributed by atoms with Crippen LogP contribution in [0.5, 0.6) is 10.8 Å². The van der Waals surface area contributed by atoms with Crippen LogP contribution in [-0.2, 0) is 6.42 Å². The Balaban J connectivity index is 1.30. The van der Waals surface area contributed by atoms with E-state index >= 15 is 0 Å². The van der Waals surface area contributed by atoms with E-state index in [1.165, 1.54) is 22.7 Å². The smallest absolute Gasteiger partial charge is 0.359 e. The van der Waals surface area contributed by atoms with Crippen molar-refractivity contribution in [3.8, 4) is 21.4 Å². The zero-order valence-electron chi connectivity index (χ0n) is 19.5. The van der Waals surface area contributed by atoms with Crippen molar-refractivity contribution in [1.82, 2.24) is 9.97 Å². The van der Waals surface area contributed by atoms with Crippen molar-refractivity contribution in [3.05, 3.63) is 84.1 Å². The van der Waals surface area contributed by atoms with E-state index in [9.17, 15) is 15.0 Å². The first-order valence-electron chi connectivity index (χ1n) is 11.7. The number of hydrogen-bond donors (Lipinski definition) is 3. The highest BCUT2D eigenvalue weighted by atomic mass is 32.1. The molecule has 1 aliphatic rings. The van der Waals surface area contributed by atoms with Crippen LogP contribution in [0, 0.1) is 0 Å². The Morgan fingerprint density at radius 3 is 2.65 bits per heavy atom. The Hall–Kier alpha value is -3.99. The monoisotopic (exact) mass is 530 g/mol. The fourth-order valence-electron chi connectivity index (χ4n) is 4.34. The van der Waals surface area contributed by atoms with Crippen LogP contribution in [0.1, 0.15) is 22.5 Å². The highest BCUT2D eigenvalue weighted by molar-refractivity contribution is 7.22. The van der Waals surface area contributed by atoms with Crippen LogP contribution < -0.4 is 15.0 Å². The maximum atomic E-state index is 11.9. The Morgan fingerprint density at radius 1 is 1.03 bits per heavy atom. The molecule has 0 radical (unpaired) electrons.